The van der Waals surface area contributed by atoms with Crippen LogP contribution in [-0.2, 0) is 14.8 Å². The summed E-state index contributed by atoms with van der Waals surface area (Å²) in [5.74, 6) is 0.493. The molecule has 6 heteroatoms. The van der Waals surface area contributed by atoms with E-state index >= 15 is 0 Å². The Labute approximate surface area is 109 Å². The molecular weight excluding hydrogens is 262 g/mol. The summed E-state index contributed by atoms with van der Waals surface area (Å²) in [7, 11) is -1.52. The van der Waals surface area contributed by atoms with E-state index in [-0.39, 0.29) is 11.7 Å². The zero-order valence-electron chi connectivity index (χ0n) is 10.4. The minimum absolute atomic E-state index is 0.00832. The van der Waals surface area contributed by atoms with Crippen molar-refractivity contribution in [1.29, 1.82) is 0 Å². The van der Waals surface area contributed by atoms with E-state index in [9.17, 15) is 8.42 Å². The van der Waals surface area contributed by atoms with E-state index in [1.54, 1.807) is 7.11 Å². The molecule has 1 atom stereocenters. The van der Waals surface area contributed by atoms with E-state index in [0.29, 0.717) is 25.6 Å². The number of alkyl halides is 1. The second-order valence-electron chi connectivity index (χ2n) is 4.44. The first-order valence-electron chi connectivity index (χ1n) is 5.70. The van der Waals surface area contributed by atoms with Crippen molar-refractivity contribution in [3.05, 3.63) is 11.6 Å². The molecule has 4 nitrogen and oxygen atoms in total. The molecule has 100 valence electrons. The zero-order valence-corrected chi connectivity index (χ0v) is 11.9. The van der Waals surface area contributed by atoms with Crippen molar-refractivity contribution in [2.45, 2.75) is 13.3 Å². The summed E-state index contributed by atoms with van der Waals surface area (Å²) in [6.07, 6.45) is 2.69. The fourth-order valence-corrected chi connectivity index (χ4v) is 3.73. The first kappa shape index (κ1) is 15.0. The smallest absolute Gasteiger partial charge is 0.214 e. The summed E-state index contributed by atoms with van der Waals surface area (Å²) in [4.78, 5) is 0. The summed E-state index contributed by atoms with van der Waals surface area (Å²) < 4.78 is 30.6. The van der Waals surface area contributed by atoms with Crippen LogP contribution in [0.3, 0.4) is 0 Å². The Morgan fingerprint density at radius 3 is 2.76 bits per heavy atom. The van der Waals surface area contributed by atoms with Crippen LogP contribution >= 0.6 is 11.6 Å². The van der Waals surface area contributed by atoms with Gasteiger partial charge in [-0.3, -0.25) is 0 Å². The highest BCUT2D eigenvalue weighted by Gasteiger charge is 2.25. The van der Waals surface area contributed by atoms with E-state index in [2.05, 4.69) is 0 Å². The average Bonchev–Trinajstić information content (AvgIpc) is 2.29. The standard InChI is InChI=1S/C11H20ClNO3S/c1-10(7-12)9-17(14,15)13-5-3-11(4-6-13)8-16-2/h3,10H,4-9H2,1-2H3. The Bertz CT molecular complexity index is 367. The predicted molar refractivity (Wildman–Crippen MR) is 69.8 cm³/mol. The lowest BCUT2D eigenvalue weighted by molar-refractivity contribution is 0.219. The predicted octanol–water partition coefficient (Wildman–Crippen LogP) is 1.47. The lowest BCUT2D eigenvalue weighted by Crippen LogP contribution is -2.38. The average molecular weight is 282 g/mol. The molecule has 1 rings (SSSR count). The normalized spacial score (nSPS) is 20.1. The van der Waals surface area contributed by atoms with Crippen molar-refractivity contribution in [2.75, 3.05) is 38.4 Å². The molecule has 0 amide bonds. The van der Waals surface area contributed by atoms with Crippen LogP contribution in [0, 0.1) is 5.92 Å². The second-order valence-corrected chi connectivity index (χ2v) is 6.76. The third-order valence-electron chi connectivity index (χ3n) is 2.75. The third kappa shape index (κ3) is 4.58. The van der Waals surface area contributed by atoms with E-state index in [1.165, 1.54) is 9.88 Å². The second kappa shape index (κ2) is 6.73. The number of ether oxygens (including phenoxy) is 1. The van der Waals surface area contributed by atoms with Crippen molar-refractivity contribution in [3.8, 4) is 0 Å². The van der Waals surface area contributed by atoms with Gasteiger partial charge >= 0.3 is 0 Å². The maximum Gasteiger partial charge on any atom is 0.214 e. The largest absolute Gasteiger partial charge is 0.380 e. The third-order valence-corrected chi connectivity index (χ3v) is 5.38. The summed E-state index contributed by atoms with van der Waals surface area (Å²) in [6, 6.07) is 0. The van der Waals surface area contributed by atoms with Gasteiger partial charge in [-0.2, -0.15) is 4.31 Å². The molecule has 1 heterocycles. The van der Waals surface area contributed by atoms with Crippen molar-refractivity contribution in [1.82, 2.24) is 4.31 Å². The van der Waals surface area contributed by atoms with Crippen molar-refractivity contribution in [3.63, 3.8) is 0 Å². The number of hydrogen-bond acceptors (Lipinski definition) is 3. The lowest BCUT2D eigenvalue weighted by Gasteiger charge is -2.26. The van der Waals surface area contributed by atoms with Crippen LogP contribution < -0.4 is 0 Å². The zero-order chi connectivity index (χ0) is 12.9. The summed E-state index contributed by atoms with van der Waals surface area (Å²) >= 11 is 5.65. The highest BCUT2D eigenvalue weighted by Crippen LogP contribution is 2.16. The molecule has 1 aliphatic heterocycles. The quantitative estimate of drug-likeness (QED) is 0.547. The van der Waals surface area contributed by atoms with Crippen molar-refractivity contribution < 1.29 is 13.2 Å². The molecule has 0 saturated carbocycles. The van der Waals surface area contributed by atoms with Crippen molar-refractivity contribution >= 4 is 21.6 Å². The van der Waals surface area contributed by atoms with Gasteiger partial charge in [0.05, 0.1) is 12.4 Å². The summed E-state index contributed by atoms with van der Waals surface area (Å²) in [6.45, 7) is 3.44. The first-order chi connectivity index (χ1) is 7.99. The maximum absolute atomic E-state index is 12.0. The number of sulfonamides is 1. The number of halogens is 1. The van der Waals surface area contributed by atoms with E-state index in [0.717, 1.165) is 6.42 Å². The van der Waals surface area contributed by atoms with Crippen LogP contribution in [-0.4, -0.2) is 51.2 Å². The van der Waals surface area contributed by atoms with Gasteiger partial charge in [0.15, 0.2) is 0 Å². The van der Waals surface area contributed by atoms with Gasteiger partial charge in [0, 0.05) is 26.1 Å². The molecule has 0 radical (unpaired) electrons. The maximum atomic E-state index is 12.0. The van der Waals surface area contributed by atoms with E-state index in [1.807, 2.05) is 13.0 Å². The monoisotopic (exact) mass is 281 g/mol. The van der Waals surface area contributed by atoms with Crippen LogP contribution in [0.4, 0.5) is 0 Å². The summed E-state index contributed by atoms with van der Waals surface area (Å²) in [5.41, 5.74) is 1.17. The van der Waals surface area contributed by atoms with Gasteiger partial charge < -0.3 is 4.74 Å². The molecule has 0 spiro atoms. The van der Waals surface area contributed by atoms with Gasteiger partial charge in [-0.25, -0.2) is 8.42 Å². The Morgan fingerprint density at radius 1 is 1.59 bits per heavy atom. The molecule has 1 aliphatic rings. The molecule has 1 unspecified atom stereocenters. The van der Waals surface area contributed by atoms with E-state index in [4.69, 9.17) is 16.3 Å². The van der Waals surface area contributed by atoms with Gasteiger partial charge in [0.2, 0.25) is 10.0 Å². The molecule has 17 heavy (non-hydrogen) atoms. The molecule has 0 aliphatic carbocycles. The van der Waals surface area contributed by atoms with Crippen LogP contribution in [0.15, 0.2) is 11.6 Å². The van der Waals surface area contributed by atoms with Crippen molar-refractivity contribution in [2.24, 2.45) is 5.92 Å². The fraction of sp³-hybridized carbons (Fsp3) is 0.818. The van der Waals surface area contributed by atoms with Gasteiger partial charge in [0.1, 0.15) is 0 Å². The van der Waals surface area contributed by atoms with Gasteiger partial charge in [0.25, 0.3) is 0 Å². The molecule has 0 bridgehead atoms. The van der Waals surface area contributed by atoms with Crippen LogP contribution in [0.5, 0.6) is 0 Å². The highest BCUT2D eigenvalue weighted by atomic mass is 35.5. The number of nitrogens with zero attached hydrogens (tertiary/aromatic N) is 1. The Hall–Kier alpha value is -0.100. The summed E-state index contributed by atoms with van der Waals surface area (Å²) in [5, 5.41) is 0. The number of methoxy groups -OCH3 is 1. The number of hydrogen-bond donors (Lipinski definition) is 0. The molecular formula is C11H20ClNO3S. The Kier molecular flexibility index (Phi) is 5.92. The molecule has 0 saturated heterocycles. The van der Waals surface area contributed by atoms with Crippen LogP contribution in [0.1, 0.15) is 13.3 Å². The van der Waals surface area contributed by atoms with E-state index < -0.39 is 10.0 Å². The van der Waals surface area contributed by atoms with Gasteiger partial charge in [-0.05, 0) is 17.9 Å². The number of rotatable bonds is 6. The molecule has 0 aromatic heterocycles. The van der Waals surface area contributed by atoms with Crippen LogP contribution in [0.2, 0.25) is 0 Å². The molecule has 0 aromatic rings. The molecule has 0 fully saturated rings. The van der Waals surface area contributed by atoms with Crippen LogP contribution in [0.25, 0.3) is 0 Å². The fourth-order valence-electron chi connectivity index (χ4n) is 1.77. The van der Waals surface area contributed by atoms with Gasteiger partial charge in [-0.1, -0.05) is 13.0 Å². The highest BCUT2D eigenvalue weighted by molar-refractivity contribution is 7.89. The minimum Gasteiger partial charge on any atom is -0.380 e. The molecule has 0 N–H and O–H groups in total. The Balaban J connectivity index is 2.58. The minimum atomic E-state index is -3.17. The topological polar surface area (TPSA) is 46.6 Å². The first-order valence-corrected chi connectivity index (χ1v) is 7.84. The Morgan fingerprint density at radius 2 is 2.29 bits per heavy atom. The SMILES string of the molecule is COCC1=CCN(S(=O)(=O)CC(C)CCl)CC1. The molecule has 0 aromatic carbocycles. The van der Waals surface area contributed by atoms with Gasteiger partial charge in [-0.15, -0.1) is 11.6 Å². The lowest BCUT2D eigenvalue weighted by atomic mass is 10.1.